The normalized spacial score (nSPS) is 28.1. The molecule has 0 unspecified atom stereocenters. The first-order valence-corrected chi connectivity index (χ1v) is 11.0. The van der Waals surface area contributed by atoms with Gasteiger partial charge in [-0.3, -0.25) is 4.79 Å². The lowest BCUT2D eigenvalue weighted by Gasteiger charge is -2.68. The molecule has 5 rings (SSSR count). The molecule has 4 nitrogen and oxygen atoms in total. The van der Waals surface area contributed by atoms with E-state index in [-0.39, 0.29) is 18.1 Å². The fourth-order valence-electron chi connectivity index (χ4n) is 5.30. The molecule has 2 aliphatic heterocycles. The molecule has 5 atom stereocenters. The van der Waals surface area contributed by atoms with Crippen molar-refractivity contribution < 1.29 is 14.6 Å². The Labute approximate surface area is 183 Å². The van der Waals surface area contributed by atoms with E-state index in [1.165, 1.54) is 0 Å². The minimum atomic E-state index is -0.799. The zero-order valence-corrected chi connectivity index (χ0v) is 17.6. The van der Waals surface area contributed by atoms with E-state index in [9.17, 15) is 9.90 Å². The van der Waals surface area contributed by atoms with Crippen molar-refractivity contribution in [3.05, 3.63) is 108 Å². The highest BCUT2D eigenvalue weighted by Gasteiger charge is 2.76. The molecule has 2 saturated heterocycles. The number of rotatable bonds is 6. The first kappa shape index (κ1) is 20.0. The number of carbonyl (C=O) groups is 1. The van der Waals surface area contributed by atoms with Gasteiger partial charge < -0.3 is 14.7 Å². The fraction of sp³-hybridized carbons (Fsp3) is 0.296. The Morgan fingerprint density at radius 2 is 1.45 bits per heavy atom. The van der Waals surface area contributed by atoms with Crippen molar-refractivity contribution >= 4 is 5.91 Å². The van der Waals surface area contributed by atoms with Crippen molar-refractivity contribution in [1.82, 2.24) is 4.90 Å². The second kappa shape index (κ2) is 7.95. The monoisotopic (exact) mass is 413 g/mol. The standard InChI is InChI=1S/C27H27NO3/c1-2-22(29)25-27(24(31-25)21-16-10-5-11-17-21)23(20-14-8-4-9-15-20)28(26(27)30)18-19-12-6-3-7-13-19/h3-17,22-25,29H,2,18H2,1H3/t22-,23+,24+,25-,27-/m0/s1. The van der Waals surface area contributed by atoms with Crippen LogP contribution in [0.15, 0.2) is 91.0 Å². The average molecular weight is 414 g/mol. The Kier molecular flexibility index (Phi) is 5.12. The Bertz CT molecular complexity index is 1040. The molecule has 2 aliphatic rings. The van der Waals surface area contributed by atoms with Gasteiger partial charge in [0.05, 0.1) is 12.1 Å². The molecule has 158 valence electrons. The predicted octanol–water partition coefficient (Wildman–Crippen LogP) is 4.67. The summed E-state index contributed by atoms with van der Waals surface area (Å²) in [7, 11) is 0. The second-order valence-corrected chi connectivity index (χ2v) is 8.49. The molecule has 0 saturated carbocycles. The summed E-state index contributed by atoms with van der Waals surface area (Å²) in [6.07, 6.45) is -1.03. The summed E-state index contributed by atoms with van der Waals surface area (Å²) >= 11 is 0. The maximum absolute atomic E-state index is 13.9. The maximum atomic E-state index is 13.9. The van der Waals surface area contributed by atoms with Crippen LogP contribution >= 0.6 is 0 Å². The number of ether oxygens (including phenoxy) is 1. The zero-order valence-electron chi connectivity index (χ0n) is 17.6. The van der Waals surface area contributed by atoms with Crippen LogP contribution in [0, 0.1) is 5.41 Å². The first-order valence-electron chi connectivity index (χ1n) is 11.0. The van der Waals surface area contributed by atoms with Crippen molar-refractivity contribution in [3.63, 3.8) is 0 Å². The van der Waals surface area contributed by atoms with Crippen LogP contribution in [-0.4, -0.2) is 28.1 Å². The molecular weight excluding hydrogens is 386 g/mol. The van der Waals surface area contributed by atoms with Crippen molar-refractivity contribution in [2.75, 3.05) is 0 Å². The van der Waals surface area contributed by atoms with E-state index in [1.54, 1.807) is 0 Å². The lowest BCUT2D eigenvalue weighted by atomic mass is 9.54. The lowest BCUT2D eigenvalue weighted by molar-refractivity contribution is -0.327. The molecule has 1 N–H and O–H groups in total. The molecule has 2 fully saturated rings. The van der Waals surface area contributed by atoms with Gasteiger partial charge in [0.15, 0.2) is 0 Å². The third kappa shape index (κ3) is 3.01. The predicted molar refractivity (Wildman–Crippen MR) is 119 cm³/mol. The van der Waals surface area contributed by atoms with Gasteiger partial charge in [0.1, 0.15) is 17.6 Å². The minimum Gasteiger partial charge on any atom is -0.390 e. The first-order chi connectivity index (χ1) is 15.2. The summed E-state index contributed by atoms with van der Waals surface area (Å²) in [4.78, 5) is 15.8. The van der Waals surface area contributed by atoms with Crippen LogP contribution in [0.3, 0.4) is 0 Å². The maximum Gasteiger partial charge on any atom is 0.237 e. The van der Waals surface area contributed by atoms with Crippen molar-refractivity contribution in [2.45, 2.75) is 44.2 Å². The summed E-state index contributed by atoms with van der Waals surface area (Å²) in [6, 6.07) is 30.0. The highest BCUT2D eigenvalue weighted by Crippen LogP contribution is 2.68. The van der Waals surface area contributed by atoms with Crippen LogP contribution < -0.4 is 0 Å². The third-order valence-corrected chi connectivity index (χ3v) is 6.76. The van der Waals surface area contributed by atoms with Crippen molar-refractivity contribution in [1.29, 1.82) is 0 Å². The molecule has 0 aromatic heterocycles. The average Bonchev–Trinajstić information content (AvgIpc) is 2.81. The third-order valence-electron chi connectivity index (χ3n) is 6.76. The molecule has 0 radical (unpaired) electrons. The van der Waals surface area contributed by atoms with Crippen LogP contribution in [0.25, 0.3) is 0 Å². The molecule has 1 spiro atoms. The Morgan fingerprint density at radius 3 is 2.03 bits per heavy atom. The number of aliphatic hydroxyl groups is 1. The van der Waals surface area contributed by atoms with Crippen molar-refractivity contribution in [3.8, 4) is 0 Å². The number of amides is 1. The van der Waals surface area contributed by atoms with E-state index in [0.717, 1.165) is 16.7 Å². The van der Waals surface area contributed by atoms with Gasteiger partial charge in [-0.2, -0.15) is 0 Å². The molecule has 2 heterocycles. The van der Waals surface area contributed by atoms with Gasteiger partial charge in [-0.1, -0.05) is 97.9 Å². The van der Waals surface area contributed by atoms with Gasteiger partial charge in [0.25, 0.3) is 0 Å². The van der Waals surface area contributed by atoms with E-state index < -0.39 is 17.6 Å². The van der Waals surface area contributed by atoms with Crippen molar-refractivity contribution in [2.24, 2.45) is 5.41 Å². The lowest BCUT2D eigenvalue weighted by Crippen LogP contribution is -2.77. The smallest absolute Gasteiger partial charge is 0.237 e. The van der Waals surface area contributed by atoms with E-state index in [2.05, 4.69) is 12.1 Å². The van der Waals surface area contributed by atoms with E-state index >= 15 is 0 Å². The molecule has 3 aromatic carbocycles. The molecule has 1 amide bonds. The van der Waals surface area contributed by atoms with Gasteiger partial charge in [-0.25, -0.2) is 0 Å². The Morgan fingerprint density at radius 1 is 0.903 bits per heavy atom. The van der Waals surface area contributed by atoms with Gasteiger partial charge in [-0.05, 0) is 23.1 Å². The topological polar surface area (TPSA) is 49.8 Å². The summed E-state index contributed by atoms with van der Waals surface area (Å²) in [5, 5.41) is 10.8. The van der Waals surface area contributed by atoms with Gasteiger partial charge in [0, 0.05) is 6.54 Å². The number of nitrogens with zero attached hydrogens (tertiary/aromatic N) is 1. The van der Waals surface area contributed by atoms with E-state index in [4.69, 9.17) is 4.74 Å². The van der Waals surface area contributed by atoms with Crippen LogP contribution in [0.1, 0.15) is 42.2 Å². The second-order valence-electron chi connectivity index (χ2n) is 8.49. The number of carbonyl (C=O) groups excluding carboxylic acids is 1. The zero-order chi connectivity index (χ0) is 21.4. The molecule has 3 aromatic rings. The Balaban J connectivity index is 1.60. The summed E-state index contributed by atoms with van der Waals surface area (Å²) in [5.41, 5.74) is 2.36. The SMILES string of the molecule is CC[C@H](O)[C@@H]1O[C@H](c2ccccc2)[C@]12C(=O)N(Cc1ccccc1)[C@@H]2c1ccccc1. The van der Waals surface area contributed by atoms with E-state index in [1.807, 2.05) is 90.7 Å². The summed E-state index contributed by atoms with van der Waals surface area (Å²) in [5.74, 6) is 0.0582. The number of likely N-dealkylation sites (tertiary alicyclic amines) is 1. The fourth-order valence-corrected chi connectivity index (χ4v) is 5.30. The van der Waals surface area contributed by atoms with Crippen LogP contribution in [0.4, 0.5) is 0 Å². The summed E-state index contributed by atoms with van der Waals surface area (Å²) < 4.78 is 6.26. The van der Waals surface area contributed by atoms with E-state index in [0.29, 0.717) is 13.0 Å². The van der Waals surface area contributed by atoms with Crippen LogP contribution in [-0.2, 0) is 16.1 Å². The van der Waals surface area contributed by atoms with Gasteiger partial charge in [0.2, 0.25) is 5.91 Å². The highest BCUT2D eigenvalue weighted by atomic mass is 16.5. The number of aliphatic hydroxyl groups excluding tert-OH is 1. The molecule has 4 heteroatoms. The molecule has 0 aliphatic carbocycles. The number of β-lactam (4-membered cyclic amide) rings is 1. The molecule has 0 bridgehead atoms. The van der Waals surface area contributed by atoms with Gasteiger partial charge >= 0.3 is 0 Å². The number of hydrogen-bond acceptors (Lipinski definition) is 3. The minimum absolute atomic E-state index is 0.0582. The van der Waals surface area contributed by atoms with Crippen LogP contribution in [0.2, 0.25) is 0 Å². The summed E-state index contributed by atoms with van der Waals surface area (Å²) in [6.45, 7) is 2.47. The molecular formula is C27H27NO3. The quantitative estimate of drug-likeness (QED) is 0.598. The van der Waals surface area contributed by atoms with Gasteiger partial charge in [-0.15, -0.1) is 0 Å². The largest absolute Gasteiger partial charge is 0.390 e. The highest BCUT2D eigenvalue weighted by molar-refractivity contribution is 5.93. The number of hydrogen-bond donors (Lipinski definition) is 1. The van der Waals surface area contributed by atoms with Crippen LogP contribution in [0.5, 0.6) is 0 Å². The number of benzene rings is 3. The molecule has 31 heavy (non-hydrogen) atoms. The Hall–Kier alpha value is -2.95.